The van der Waals surface area contributed by atoms with Crippen molar-refractivity contribution >= 4 is 76.0 Å². The van der Waals surface area contributed by atoms with Gasteiger partial charge >= 0.3 is 0 Å². The number of anilines is 3. The topological polar surface area (TPSA) is 17.4 Å². The van der Waals surface area contributed by atoms with Crippen LogP contribution < -0.4 is 9.64 Å². The normalized spacial score (nSPS) is 15.3. The van der Waals surface area contributed by atoms with Gasteiger partial charge in [-0.3, -0.25) is 0 Å². The zero-order valence-electron chi connectivity index (χ0n) is 34.8. The van der Waals surface area contributed by atoms with E-state index in [1.54, 1.807) is 0 Å². The van der Waals surface area contributed by atoms with Crippen molar-refractivity contribution in [2.24, 2.45) is 0 Å². The zero-order chi connectivity index (χ0) is 42.1. The molecule has 0 saturated carbocycles. The van der Waals surface area contributed by atoms with Gasteiger partial charge < -0.3 is 14.2 Å². The summed E-state index contributed by atoms with van der Waals surface area (Å²) in [5.41, 5.74) is 15.5. The van der Waals surface area contributed by atoms with E-state index in [4.69, 9.17) is 4.74 Å². The number of hydrogen-bond acceptors (Lipinski definition) is 3. The Hall–Kier alpha value is -7.92. The fourth-order valence-corrected chi connectivity index (χ4v) is 11.6. The van der Waals surface area contributed by atoms with Gasteiger partial charge in [0.25, 0.3) is 0 Å². The van der Waals surface area contributed by atoms with E-state index in [2.05, 4.69) is 240 Å². The molecule has 1 aliphatic carbocycles. The number of nitrogens with zero attached hydrogens (tertiary/aromatic N) is 2. The van der Waals surface area contributed by atoms with E-state index in [9.17, 15) is 0 Å². The highest BCUT2D eigenvalue weighted by Gasteiger charge is 2.36. The highest BCUT2D eigenvalue weighted by molar-refractivity contribution is 7.27. The Bertz CT molecular complexity index is 3620. The molecule has 1 aliphatic heterocycles. The Labute approximate surface area is 375 Å². The smallest absolute Gasteiger partial charge is 0.135 e. The summed E-state index contributed by atoms with van der Waals surface area (Å²) in [4.78, 5) is 2.37. The molecular formula is C60H40N2OS. The average molecular weight is 837 g/mol. The van der Waals surface area contributed by atoms with E-state index in [1.807, 2.05) is 11.3 Å². The van der Waals surface area contributed by atoms with Crippen molar-refractivity contribution in [1.29, 1.82) is 0 Å². The predicted molar refractivity (Wildman–Crippen MR) is 270 cm³/mol. The molecule has 2 atom stereocenters. The molecule has 9 aromatic carbocycles. The molecule has 2 aliphatic rings. The van der Waals surface area contributed by atoms with Crippen molar-refractivity contribution in [3.05, 3.63) is 242 Å². The van der Waals surface area contributed by atoms with Crippen LogP contribution in [0.2, 0.25) is 0 Å². The lowest BCUT2D eigenvalue weighted by atomic mass is 9.84. The van der Waals surface area contributed by atoms with E-state index >= 15 is 0 Å². The number of aromatic nitrogens is 1. The van der Waals surface area contributed by atoms with E-state index in [0.29, 0.717) is 0 Å². The molecule has 3 heterocycles. The van der Waals surface area contributed by atoms with Gasteiger partial charge in [0.05, 0.1) is 11.0 Å². The molecule has 4 heteroatoms. The zero-order valence-corrected chi connectivity index (χ0v) is 35.6. The van der Waals surface area contributed by atoms with Crippen molar-refractivity contribution in [3.63, 3.8) is 0 Å². The summed E-state index contributed by atoms with van der Waals surface area (Å²) < 4.78 is 11.6. The lowest BCUT2D eigenvalue weighted by molar-refractivity contribution is 0.258. The van der Waals surface area contributed by atoms with Gasteiger partial charge in [-0.15, -0.1) is 11.3 Å². The molecule has 0 N–H and O–H groups in total. The first-order valence-electron chi connectivity index (χ1n) is 22.0. The molecule has 0 fully saturated rings. The monoisotopic (exact) mass is 836 g/mol. The van der Waals surface area contributed by atoms with Crippen LogP contribution in [0.3, 0.4) is 0 Å². The van der Waals surface area contributed by atoms with Crippen LogP contribution in [0.5, 0.6) is 5.75 Å². The summed E-state index contributed by atoms with van der Waals surface area (Å²) in [6.45, 7) is 0. The summed E-state index contributed by atoms with van der Waals surface area (Å²) in [7, 11) is 0. The lowest BCUT2D eigenvalue weighted by Crippen LogP contribution is -2.23. The number of rotatable bonds is 7. The molecule has 2 unspecified atom stereocenters. The van der Waals surface area contributed by atoms with Gasteiger partial charge in [0, 0.05) is 70.7 Å². The van der Waals surface area contributed by atoms with Crippen LogP contribution in [0.25, 0.3) is 75.5 Å². The Balaban J connectivity index is 0.889. The fourth-order valence-electron chi connectivity index (χ4n) is 10.2. The Morgan fingerprint density at radius 3 is 1.84 bits per heavy atom. The van der Waals surface area contributed by atoms with Crippen molar-refractivity contribution in [2.45, 2.75) is 12.0 Å². The molecule has 0 amide bonds. The minimum Gasteiger partial charge on any atom is -0.484 e. The Kier molecular flexibility index (Phi) is 8.53. The first kappa shape index (κ1) is 36.7. The molecule has 0 bridgehead atoms. The van der Waals surface area contributed by atoms with E-state index in [0.717, 1.165) is 22.8 Å². The Morgan fingerprint density at radius 1 is 0.453 bits per heavy atom. The second-order valence-electron chi connectivity index (χ2n) is 16.8. The third kappa shape index (κ3) is 5.87. The average Bonchev–Trinajstić information content (AvgIpc) is 4.05. The maximum absolute atomic E-state index is 6.56. The van der Waals surface area contributed by atoms with Crippen LogP contribution in [0.15, 0.2) is 231 Å². The van der Waals surface area contributed by atoms with Crippen molar-refractivity contribution in [1.82, 2.24) is 4.57 Å². The largest absolute Gasteiger partial charge is 0.484 e. The number of allylic oxidation sites excluding steroid dienone is 2. The van der Waals surface area contributed by atoms with Crippen molar-refractivity contribution in [2.75, 3.05) is 4.90 Å². The standard InChI is InChI=1S/C60H40N2OS/c1-3-13-39(14-4-1)40-25-31-44(32-26-40)61(45-33-27-41(28-34-45)47-19-11-21-50-49-17-8-10-24-56(49)63-58(47)50)46-35-29-42(30-36-46)48-20-12-22-51-52-37-38-55-57(60(52)64-59(48)51)53-18-7-9-23-54(53)62(55)43-15-5-2-6-16-43/h1-38,47,58H. The molecule has 2 aromatic heterocycles. The van der Waals surface area contributed by atoms with Crippen molar-refractivity contribution < 1.29 is 4.74 Å². The fraction of sp³-hybridized carbons (Fsp3) is 0.0333. The van der Waals surface area contributed by atoms with Gasteiger partial charge in [-0.1, -0.05) is 164 Å². The highest BCUT2D eigenvalue weighted by Crippen LogP contribution is 2.48. The maximum Gasteiger partial charge on any atom is 0.135 e. The number of hydrogen-bond donors (Lipinski definition) is 0. The first-order chi connectivity index (χ1) is 31.7. The van der Waals surface area contributed by atoms with Crippen LogP contribution in [0.4, 0.5) is 17.1 Å². The SMILES string of the molecule is C1=CC(c2ccc(N(c3ccc(-c4ccccc4)cc3)c3ccc(-c4cccc5c4sc4c5ccc5c4c4ccccc4n5-c4ccccc4)cc3)cc2)C2Oc3ccccc3C2=C1. The van der Waals surface area contributed by atoms with Crippen LogP contribution in [0.1, 0.15) is 17.0 Å². The van der Waals surface area contributed by atoms with Gasteiger partial charge in [0.2, 0.25) is 0 Å². The molecule has 64 heavy (non-hydrogen) atoms. The number of benzene rings is 9. The van der Waals surface area contributed by atoms with Crippen LogP contribution in [-0.2, 0) is 0 Å². The van der Waals surface area contributed by atoms with E-state index < -0.39 is 0 Å². The molecule has 0 spiro atoms. The molecule has 0 saturated heterocycles. The van der Waals surface area contributed by atoms with Gasteiger partial charge in [0.15, 0.2) is 0 Å². The van der Waals surface area contributed by atoms with Gasteiger partial charge in [0.1, 0.15) is 11.9 Å². The summed E-state index contributed by atoms with van der Waals surface area (Å²) in [5, 5.41) is 5.19. The third-order valence-corrected chi connectivity index (χ3v) is 14.5. The van der Waals surface area contributed by atoms with Crippen LogP contribution in [-0.4, -0.2) is 10.7 Å². The maximum atomic E-state index is 6.56. The van der Waals surface area contributed by atoms with Crippen LogP contribution in [0, 0.1) is 0 Å². The summed E-state index contributed by atoms with van der Waals surface area (Å²) >= 11 is 1.91. The first-order valence-corrected chi connectivity index (χ1v) is 22.8. The lowest BCUT2D eigenvalue weighted by Gasteiger charge is -2.28. The van der Waals surface area contributed by atoms with Crippen LogP contribution >= 0.6 is 11.3 Å². The molecular weight excluding hydrogens is 797 g/mol. The predicted octanol–water partition coefficient (Wildman–Crippen LogP) is 16.5. The molecule has 13 rings (SSSR count). The molecule has 11 aromatic rings. The Morgan fingerprint density at radius 2 is 1.06 bits per heavy atom. The molecule has 302 valence electrons. The minimum absolute atomic E-state index is 0.0338. The summed E-state index contributed by atoms with van der Waals surface area (Å²) in [6, 6.07) is 77.1. The summed E-state index contributed by atoms with van der Waals surface area (Å²) in [5.74, 6) is 1.08. The molecule has 3 nitrogen and oxygen atoms in total. The number of thiophene rings is 1. The highest BCUT2D eigenvalue weighted by atomic mass is 32.1. The van der Waals surface area contributed by atoms with Gasteiger partial charge in [-0.2, -0.15) is 0 Å². The minimum atomic E-state index is -0.0338. The van der Waals surface area contributed by atoms with E-state index in [1.165, 1.54) is 86.6 Å². The quantitative estimate of drug-likeness (QED) is 0.159. The summed E-state index contributed by atoms with van der Waals surface area (Å²) in [6.07, 6.45) is 6.63. The third-order valence-electron chi connectivity index (χ3n) is 13.2. The second-order valence-corrected chi connectivity index (χ2v) is 17.8. The molecule has 0 radical (unpaired) electrons. The van der Waals surface area contributed by atoms with Gasteiger partial charge in [-0.05, 0) is 94.5 Å². The second kappa shape index (κ2) is 14.9. The van der Waals surface area contributed by atoms with Gasteiger partial charge in [-0.25, -0.2) is 0 Å². The van der Waals surface area contributed by atoms with E-state index in [-0.39, 0.29) is 12.0 Å². The number of para-hydroxylation sites is 3. The van der Waals surface area contributed by atoms with Crippen molar-refractivity contribution in [3.8, 4) is 33.7 Å². The number of fused-ring (bicyclic) bond motifs is 10. The number of ether oxygens (including phenoxy) is 1.